The molecule has 0 aromatic carbocycles. The first-order valence-electron chi connectivity index (χ1n) is 11.0. The quantitative estimate of drug-likeness (QED) is 0.443. The number of hydrogen-bond donors (Lipinski definition) is 0. The molecule has 0 aliphatic heterocycles. The van der Waals surface area contributed by atoms with Crippen LogP contribution in [0.5, 0.6) is 0 Å². The van der Waals surface area contributed by atoms with Crippen molar-refractivity contribution in [2.24, 2.45) is 23.7 Å². The van der Waals surface area contributed by atoms with Crippen LogP contribution < -0.4 is 0 Å². The van der Waals surface area contributed by atoms with Crippen LogP contribution in [0.3, 0.4) is 0 Å². The van der Waals surface area contributed by atoms with Gasteiger partial charge in [0.15, 0.2) is 0 Å². The summed E-state index contributed by atoms with van der Waals surface area (Å²) in [6, 6.07) is 0. The Morgan fingerprint density at radius 1 is 0.815 bits per heavy atom. The van der Waals surface area contributed by atoms with Crippen LogP contribution in [0.15, 0.2) is 0 Å². The molecule has 0 aromatic rings. The van der Waals surface area contributed by atoms with Crippen LogP contribution in [-0.2, 0) is 0 Å². The zero-order valence-corrected chi connectivity index (χ0v) is 20.9. The fourth-order valence-corrected chi connectivity index (χ4v) is 8.83. The summed E-state index contributed by atoms with van der Waals surface area (Å²) >= 11 is 0. The Kier molecular flexibility index (Phi) is 6.79. The fourth-order valence-electron chi connectivity index (χ4n) is 5.13. The van der Waals surface area contributed by atoms with E-state index in [4.69, 9.17) is 0 Å². The van der Waals surface area contributed by atoms with Crippen molar-refractivity contribution in [2.45, 2.75) is 72.8 Å². The molecule has 3 saturated carbocycles. The molecule has 0 N–H and O–H groups in total. The van der Waals surface area contributed by atoms with Gasteiger partial charge in [-0.05, 0) is 97.6 Å². The lowest BCUT2D eigenvalue weighted by Crippen LogP contribution is -2.42. The van der Waals surface area contributed by atoms with E-state index in [1.807, 2.05) is 0 Å². The molecule has 0 saturated heterocycles. The molecule has 3 fully saturated rings. The molecule has 3 aliphatic rings. The number of rotatable bonds is 5. The minimum Gasteiger partial charge on any atom is -0.0691 e. The molecule has 0 heterocycles. The second-order valence-corrected chi connectivity index (χ2v) is 20.6. The van der Waals surface area contributed by atoms with Crippen LogP contribution in [0.1, 0.15) is 40.0 Å². The van der Waals surface area contributed by atoms with Crippen molar-refractivity contribution in [3.8, 4) is 0 Å². The first-order valence-corrected chi connectivity index (χ1v) is 17.5. The average molecular weight is 397 g/mol. The molecular formula is C25H40Si2. The van der Waals surface area contributed by atoms with Gasteiger partial charge in [0.1, 0.15) is 0 Å². The minimum atomic E-state index is -1.60. The summed E-state index contributed by atoms with van der Waals surface area (Å²) in [6.07, 6.45) is 19.2. The van der Waals surface area contributed by atoms with Gasteiger partial charge in [-0.2, -0.15) is 0 Å². The predicted octanol–water partition coefficient (Wildman–Crippen LogP) is 6.91. The zero-order valence-electron chi connectivity index (χ0n) is 18.9. The molecule has 2 heteroatoms. The van der Waals surface area contributed by atoms with Crippen LogP contribution in [0, 0.1) is 84.7 Å². The Hall–Kier alpha value is 0.434. The summed E-state index contributed by atoms with van der Waals surface area (Å²) in [5.41, 5.74) is 4.87. The van der Waals surface area contributed by atoms with Crippen LogP contribution >= 0.6 is 0 Å². The van der Waals surface area contributed by atoms with Gasteiger partial charge in [-0.1, -0.05) is 59.9 Å². The summed E-state index contributed by atoms with van der Waals surface area (Å²) < 4.78 is 0. The fraction of sp³-hybridized carbons (Fsp3) is 0.600. The molecule has 0 unspecified atom stereocenters. The molecule has 3 rings (SSSR count). The highest BCUT2D eigenvalue weighted by Crippen LogP contribution is 2.53. The Bertz CT molecular complexity index is 489. The highest BCUT2D eigenvalue weighted by atomic mass is 28.3. The van der Waals surface area contributed by atoms with Gasteiger partial charge in [0.25, 0.3) is 0 Å². The second kappa shape index (κ2) is 8.28. The van der Waals surface area contributed by atoms with Gasteiger partial charge in [-0.3, -0.25) is 0 Å². The third-order valence-corrected chi connectivity index (χ3v) is 12.8. The Morgan fingerprint density at radius 2 is 1.41 bits per heavy atom. The molecule has 148 valence electrons. The maximum absolute atomic E-state index is 2.60. The van der Waals surface area contributed by atoms with Gasteiger partial charge in [0.2, 0.25) is 0 Å². The monoisotopic (exact) mass is 396 g/mol. The van der Waals surface area contributed by atoms with Gasteiger partial charge in [-0.25, -0.2) is 0 Å². The van der Waals surface area contributed by atoms with Gasteiger partial charge in [0.05, 0.1) is 16.1 Å². The van der Waals surface area contributed by atoms with E-state index in [-0.39, 0.29) is 0 Å². The molecule has 0 spiro atoms. The Morgan fingerprint density at radius 3 is 2.00 bits per heavy atom. The van der Waals surface area contributed by atoms with Crippen molar-refractivity contribution in [3.05, 3.63) is 61.1 Å². The van der Waals surface area contributed by atoms with Gasteiger partial charge < -0.3 is 0 Å². The van der Waals surface area contributed by atoms with Crippen LogP contribution in [0.4, 0.5) is 0 Å². The van der Waals surface area contributed by atoms with Crippen molar-refractivity contribution in [2.75, 3.05) is 0 Å². The molecule has 0 nitrogen and oxygen atoms in total. The van der Waals surface area contributed by atoms with Gasteiger partial charge >= 0.3 is 0 Å². The first-order chi connectivity index (χ1) is 12.5. The van der Waals surface area contributed by atoms with Crippen molar-refractivity contribution >= 4 is 16.1 Å². The Balaban J connectivity index is 1.64. The van der Waals surface area contributed by atoms with Crippen molar-refractivity contribution in [1.29, 1.82) is 0 Å². The van der Waals surface area contributed by atoms with Crippen LogP contribution in [-0.4, -0.2) is 16.1 Å². The molecule has 3 aliphatic carbocycles. The normalized spacial score (nSPS) is 33.4. The molecule has 27 heavy (non-hydrogen) atoms. The second-order valence-electron chi connectivity index (χ2n) is 11.1. The maximum atomic E-state index is 2.60. The van der Waals surface area contributed by atoms with E-state index in [1.165, 1.54) is 19.3 Å². The maximum Gasteiger partial charge on any atom is 0.0618 e. The van der Waals surface area contributed by atoms with E-state index in [0.717, 1.165) is 23.7 Å². The van der Waals surface area contributed by atoms with Crippen molar-refractivity contribution < 1.29 is 0 Å². The molecule has 3 atom stereocenters. The largest absolute Gasteiger partial charge is 0.0691 e. The smallest absolute Gasteiger partial charge is 0.0618 e. The van der Waals surface area contributed by atoms with E-state index < -0.39 is 16.1 Å². The SMILES string of the molecule is CC(C)[C@@H]1CC[C@@H](C)C[C@H]1[C]1[CH][CH][C]([Si](C)(C)[C]2[CH][CH][C]([Si](C)(C)C)[CH]2)[CH]1. The summed E-state index contributed by atoms with van der Waals surface area (Å²) in [5.74, 6) is 4.93. The molecule has 0 aromatic heterocycles. The van der Waals surface area contributed by atoms with Crippen LogP contribution in [0.25, 0.3) is 0 Å². The first kappa shape index (κ1) is 22.1. The molecule has 10 radical (unpaired) electrons. The third-order valence-electron chi connectivity index (χ3n) is 7.29. The van der Waals surface area contributed by atoms with E-state index in [0.29, 0.717) is 0 Å². The lowest BCUT2D eigenvalue weighted by Gasteiger charge is -2.41. The molecular weight excluding hydrogens is 356 g/mol. The highest BCUT2D eigenvalue weighted by molar-refractivity contribution is 6.90. The summed E-state index contributed by atoms with van der Waals surface area (Å²) in [6.45, 7) is 19.8. The Labute approximate surface area is 173 Å². The predicted molar refractivity (Wildman–Crippen MR) is 124 cm³/mol. The molecule has 0 amide bonds. The van der Waals surface area contributed by atoms with E-state index >= 15 is 0 Å². The zero-order chi connectivity index (χ0) is 20.0. The number of hydrogen-bond acceptors (Lipinski definition) is 0. The van der Waals surface area contributed by atoms with Crippen molar-refractivity contribution in [1.82, 2.24) is 0 Å². The van der Waals surface area contributed by atoms with Gasteiger partial charge in [-0.15, -0.1) is 0 Å². The standard InChI is InChI=1S/C25H40Si2/c1-18(2)24-14-9-19(3)15-25(24)20-10-11-22(16-20)27(7,8)23-13-12-21(17-23)26(4,5)6/h10-13,16-19,24-25H,9,14-15H2,1-8H3/t19-,24+,25+/m1/s1. The van der Waals surface area contributed by atoms with Crippen LogP contribution in [0.2, 0.25) is 32.7 Å². The van der Waals surface area contributed by atoms with E-state index in [2.05, 4.69) is 92.0 Å². The average Bonchev–Trinajstić information content (AvgIpc) is 3.24. The van der Waals surface area contributed by atoms with Gasteiger partial charge in [0, 0.05) is 0 Å². The summed E-state index contributed by atoms with van der Waals surface area (Å²) in [4.78, 5) is 0. The summed E-state index contributed by atoms with van der Waals surface area (Å²) in [7, 11) is -2.82. The topological polar surface area (TPSA) is 0 Å². The van der Waals surface area contributed by atoms with Crippen molar-refractivity contribution in [3.63, 3.8) is 0 Å². The van der Waals surface area contributed by atoms with E-state index in [9.17, 15) is 0 Å². The molecule has 0 bridgehead atoms. The van der Waals surface area contributed by atoms with E-state index in [1.54, 1.807) is 22.5 Å². The minimum absolute atomic E-state index is 0.768. The third kappa shape index (κ3) is 4.78. The summed E-state index contributed by atoms with van der Waals surface area (Å²) in [5, 5.41) is 0. The lowest BCUT2D eigenvalue weighted by molar-refractivity contribution is 0.159. The lowest BCUT2D eigenvalue weighted by atomic mass is 9.65. The highest BCUT2D eigenvalue weighted by Gasteiger charge is 2.50.